The predicted molar refractivity (Wildman–Crippen MR) is 165 cm³/mol. The van der Waals surface area contributed by atoms with Crippen molar-refractivity contribution < 1.29 is 19.0 Å². The summed E-state index contributed by atoms with van der Waals surface area (Å²) in [6.45, 7) is 7.53. The van der Waals surface area contributed by atoms with Crippen LogP contribution in [0.4, 0.5) is 23.0 Å². The van der Waals surface area contributed by atoms with Gasteiger partial charge in [0.2, 0.25) is 11.8 Å². The van der Waals surface area contributed by atoms with E-state index in [9.17, 15) is 4.79 Å². The molecule has 0 atom stereocenters. The second-order valence-electron chi connectivity index (χ2n) is 10.2. The maximum atomic E-state index is 13.4. The van der Waals surface area contributed by atoms with Gasteiger partial charge in [-0.05, 0) is 44.2 Å². The molecule has 2 N–H and O–H groups in total. The number of anilines is 4. The Morgan fingerprint density at radius 3 is 2.14 bits per heavy atom. The van der Waals surface area contributed by atoms with E-state index in [1.807, 2.05) is 62.4 Å². The van der Waals surface area contributed by atoms with Gasteiger partial charge in [0.1, 0.15) is 28.5 Å². The number of amides is 1. The van der Waals surface area contributed by atoms with E-state index < -0.39 is 0 Å². The Hall–Kier alpha value is -4.83. The van der Waals surface area contributed by atoms with Crippen LogP contribution in [-0.2, 0) is 0 Å². The molecule has 10 heteroatoms. The highest BCUT2D eigenvalue weighted by Gasteiger charge is 2.24. The van der Waals surface area contributed by atoms with E-state index in [0.29, 0.717) is 22.9 Å². The molecule has 1 amide bonds. The summed E-state index contributed by atoms with van der Waals surface area (Å²) in [6.07, 6.45) is 1.46. The number of benzene rings is 3. The molecule has 0 spiro atoms. The molecule has 1 aromatic heterocycles. The van der Waals surface area contributed by atoms with Gasteiger partial charge in [-0.25, -0.2) is 4.98 Å². The summed E-state index contributed by atoms with van der Waals surface area (Å²) >= 11 is 0. The first-order valence-corrected chi connectivity index (χ1v) is 13.8. The number of methoxy groups -OCH3 is 2. The summed E-state index contributed by atoms with van der Waals surface area (Å²) in [7, 11) is 5.40. The van der Waals surface area contributed by atoms with Crippen molar-refractivity contribution in [2.24, 2.45) is 0 Å². The van der Waals surface area contributed by atoms with Gasteiger partial charge in [0.15, 0.2) is 0 Å². The Morgan fingerprint density at radius 1 is 0.881 bits per heavy atom. The van der Waals surface area contributed by atoms with Crippen molar-refractivity contribution in [1.82, 2.24) is 14.9 Å². The van der Waals surface area contributed by atoms with Crippen LogP contribution in [0.25, 0.3) is 0 Å². The zero-order chi connectivity index (χ0) is 29.6. The molecule has 218 valence electrons. The number of rotatable bonds is 9. The lowest BCUT2D eigenvalue weighted by molar-refractivity contribution is 0.102. The minimum absolute atomic E-state index is 0.121. The van der Waals surface area contributed by atoms with Gasteiger partial charge in [-0.3, -0.25) is 4.79 Å². The molecule has 3 aromatic carbocycles. The number of aromatic nitrogens is 2. The van der Waals surface area contributed by atoms with Crippen molar-refractivity contribution in [2.45, 2.75) is 13.8 Å². The van der Waals surface area contributed by atoms with E-state index in [1.165, 1.54) is 6.20 Å². The van der Waals surface area contributed by atoms with E-state index in [4.69, 9.17) is 14.2 Å². The average Bonchev–Trinajstić information content (AvgIpc) is 2.99. The fraction of sp³-hybridized carbons (Fsp3) is 0.281. The zero-order valence-electron chi connectivity index (χ0n) is 24.6. The molecule has 5 rings (SSSR count). The molecule has 4 aromatic rings. The van der Waals surface area contributed by atoms with Crippen LogP contribution in [0.5, 0.6) is 23.1 Å². The number of nitrogens with one attached hydrogen (secondary N) is 2. The van der Waals surface area contributed by atoms with Crippen LogP contribution in [0.1, 0.15) is 21.5 Å². The molecule has 0 aliphatic carbocycles. The first kappa shape index (κ1) is 28.7. The zero-order valence-corrected chi connectivity index (χ0v) is 24.6. The van der Waals surface area contributed by atoms with Crippen molar-refractivity contribution in [2.75, 3.05) is 63.0 Å². The number of likely N-dealkylation sites (N-methyl/N-ethyl adjacent to an activating group) is 1. The van der Waals surface area contributed by atoms with Gasteiger partial charge in [-0.15, -0.1) is 0 Å². The summed E-state index contributed by atoms with van der Waals surface area (Å²) in [4.78, 5) is 27.1. The summed E-state index contributed by atoms with van der Waals surface area (Å²) in [6, 6.07) is 18.8. The lowest BCUT2D eigenvalue weighted by Crippen LogP contribution is -2.44. The predicted octanol–water partition coefficient (Wildman–Crippen LogP) is 5.65. The molecule has 2 heterocycles. The van der Waals surface area contributed by atoms with Gasteiger partial charge in [0.25, 0.3) is 5.91 Å². The number of hydrogen-bond acceptors (Lipinski definition) is 9. The highest BCUT2D eigenvalue weighted by atomic mass is 16.5. The molecule has 10 nitrogen and oxygen atoms in total. The number of carbonyl (C=O) groups excluding carboxylic acids is 1. The topological polar surface area (TPSA) is 101 Å². The number of nitrogens with zero attached hydrogens (tertiary/aromatic N) is 4. The van der Waals surface area contributed by atoms with Crippen molar-refractivity contribution in [3.63, 3.8) is 0 Å². The monoisotopic (exact) mass is 568 g/mol. The minimum atomic E-state index is -0.371. The van der Waals surface area contributed by atoms with Crippen LogP contribution in [0.15, 0.2) is 66.9 Å². The van der Waals surface area contributed by atoms with Crippen LogP contribution in [0, 0.1) is 13.8 Å². The smallest absolute Gasteiger partial charge is 0.262 e. The molecule has 42 heavy (non-hydrogen) atoms. The minimum Gasteiger partial charge on any atom is -0.494 e. The van der Waals surface area contributed by atoms with E-state index in [2.05, 4.69) is 37.4 Å². The molecule has 0 unspecified atom stereocenters. The molecule has 0 saturated carbocycles. The fourth-order valence-corrected chi connectivity index (χ4v) is 4.89. The average molecular weight is 569 g/mol. The van der Waals surface area contributed by atoms with E-state index in [0.717, 1.165) is 48.7 Å². The Balaban J connectivity index is 1.46. The summed E-state index contributed by atoms with van der Waals surface area (Å²) in [5.41, 5.74) is 4.43. The van der Waals surface area contributed by atoms with E-state index in [1.54, 1.807) is 26.4 Å². The number of aryl methyl sites for hydroxylation is 2. The van der Waals surface area contributed by atoms with Crippen molar-refractivity contribution in [3.05, 3.63) is 83.6 Å². The van der Waals surface area contributed by atoms with Gasteiger partial charge >= 0.3 is 0 Å². The molecular formula is C32H36N6O4. The Labute approximate surface area is 246 Å². The van der Waals surface area contributed by atoms with Crippen molar-refractivity contribution in [1.29, 1.82) is 0 Å². The molecule has 0 radical (unpaired) electrons. The third-order valence-corrected chi connectivity index (χ3v) is 7.23. The van der Waals surface area contributed by atoms with Gasteiger partial charge < -0.3 is 34.6 Å². The second-order valence-corrected chi connectivity index (χ2v) is 10.2. The maximum Gasteiger partial charge on any atom is 0.262 e. The van der Waals surface area contributed by atoms with Crippen molar-refractivity contribution in [3.8, 4) is 23.1 Å². The fourth-order valence-electron chi connectivity index (χ4n) is 4.89. The number of piperazine rings is 1. The van der Waals surface area contributed by atoms with Gasteiger partial charge in [-0.1, -0.05) is 36.4 Å². The highest BCUT2D eigenvalue weighted by molar-refractivity contribution is 6.06. The SMILES string of the molecule is COc1cc(Nc2ncc(C(=O)Nc3c(C)cccc3C)c(Oc3ccccc3)n2)cc(OC)c1N1CCN(C)CC1. The summed E-state index contributed by atoms with van der Waals surface area (Å²) < 4.78 is 17.7. The number of ether oxygens (including phenoxy) is 3. The first-order valence-electron chi connectivity index (χ1n) is 13.8. The molecule has 1 fully saturated rings. The Bertz CT molecular complexity index is 1510. The lowest BCUT2D eigenvalue weighted by atomic mass is 10.1. The van der Waals surface area contributed by atoms with Crippen LogP contribution in [0.3, 0.4) is 0 Å². The van der Waals surface area contributed by atoms with Crippen LogP contribution in [-0.4, -0.2) is 68.2 Å². The number of hydrogen-bond donors (Lipinski definition) is 2. The van der Waals surface area contributed by atoms with Gasteiger partial charge in [-0.2, -0.15) is 4.98 Å². The Kier molecular flexibility index (Phi) is 8.73. The van der Waals surface area contributed by atoms with E-state index in [-0.39, 0.29) is 23.3 Å². The van der Waals surface area contributed by atoms with Gasteiger partial charge in [0, 0.05) is 55.9 Å². The number of carbonyl (C=O) groups is 1. The molecule has 1 saturated heterocycles. The third kappa shape index (κ3) is 6.39. The van der Waals surface area contributed by atoms with Crippen LogP contribution in [0.2, 0.25) is 0 Å². The molecule has 1 aliphatic heterocycles. The van der Waals surface area contributed by atoms with Crippen LogP contribution < -0.4 is 29.7 Å². The largest absolute Gasteiger partial charge is 0.494 e. The molecule has 0 bridgehead atoms. The second kappa shape index (κ2) is 12.8. The standard InChI is InChI=1S/C32H36N6O4/c1-21-10-9-11-22(2)28(21)35-30(39)25-20-33-32(36-31(25)42-24-12-7-6-8-13-24)34-23-18-26(40-4)29(27(19-23)41-5)38-16-14-37(3)15-17-38/h6-13,18-20H,14-17H2,1-5H3,(H,35,39)(H,33,34,36). The highest BCUT2D eigenvalue weighted by Crippen LogP contribution is 2.42. The van der Waals surface area contributed by atoms with Crippen LogP contribution >= 0.6 is 0 Å². The van der Waals surface area contributed by atoms with E-state index >= 15 is 0 Å². The molecular weight excluding hydrogens is 532 g/mol. The lowest BCUT2D eigenvalue weighted by Gasteiger charge is -2.35. The number of para-hydroxylation sites is 2. The summed E-state index contributed by atoms with van der Waals surface area (Å²) in [5.74, 6) is 1.89. The summed E-state index contributed by atoms with van der Waals surface area (Å²) in [5, 5.41) is 6.23. The maximum absolute atomic E-state index is 13.4. The first-order chi connectivity index (χ1) is 20.4. The quantitative estimate of drug-likeness (QED) is 0.265. The van der Waals surface area contributed by atoms with Gasteiger partial charge in [0.05, 0.1) is 14.2 Å². The normalized spacial score (nSPS) is 13.4. The Morgan fingerprint density at radius 2 is 1.52 bits per heavy atom. The van der Waals surface area contributed by atoms with Crippen molar-refractivity contribution >= 4 is 28.9 Å². The third-order valence-electron chi connectivity index (χ3n) is 7.23. The molecule has 1 aliphatic rings.